The minimum absolute atomic E-state index is 0.120. The highest BCUT2D eigenvalue weighted by molar-refractivity contribution is 6.07. The summed E-state index contributed by atoms with van der Waals surface area (Å²) in [6.07, 6.45) is 3.49. The highest BCUT2D eigenvalue weighted by Gasteiger charge is 2.29. The number of hydrogen-bond acceptors (Lipinski definition) is 3. The van der Waals surface area contributed by atoms with Crippen molar-refractivity contribution >= 4 is 22.8 Å². The van der Waals surface area contributed by atoms with Crippen LogP contribution in [-0.2, 0) is 0 Å². The lowest BCUT2D eigenvalue weighted by Gasteiger charge is -2.30. The van der Waals surface area contributed by atoms with E-state index in [1.54, 1.807) is 24.3 Å². The molecule has 0 saturated carbocycles. The lowest BCUT2D eigenvalue weighted by molar-refractivity contribution is 0.0692. The normalized spacial score (nSPS) is 15.7. The summed E-state index contributed by atoms with van der Waals surface area (Å²) in [5.74, 6) is -0.888. The molecule has 1 heterocycles. The van der Waals surface area contributed by atoms with Crippen molar-refractivity contribution in [3.63, 3.8) is 0 Å². The highest BCUT2D eigenvalue weighted by Crippen LogP contribution is 2.44. The maximum atomic E-state index is 11.4. The zero-order chi connectivity index (χ0) is 14.5. The van der Waals surface area contributed by atoms with E-state index in [0.717, 1.165) is 0 Å². The van der Waals surface area contributed by atoms with Crippen molar-refractivity contribution < 1.29 is 19.7 Å². The van der Waals surface area contributed by atoms with Crippen LogP contribution in [0.5, 0.6) is 11.5 Å². The maximum absolute atomic E-state index is 11.4. The standard InChI is InChI=1S/C16H14O4/c1-16(2)8-7-11-12(15(18)19)13(17)9-5-3-4-6-10(9)14(11)20-16/h3-8,17H,1-2H3,(H,18,19). The van der Waals surface area contributed by atoms with Crippen LogP contribution in [0.1, 0.15) is 29.8 Å². The van der Waals surface area contributed by atoms with Crippen molar-refractivity contribution in [2.24, 2.45) is 0 Å². The van der Waals surface area contributed by atoms with Gasteiger partial charge in [-0.25, -0.2) is 4.79 Å². The topological polar surface area (TPSA) is 66.8 Å². The van der Waals surface area contributed by atoms with E-state index in [0.29, 0.717) is 22.1 Å². The number of fused-ring (bicyclic) bond motifs is 3. The predicted molar refractivity (Wildman–Crippen MR) is 76.3 cm³/mol. The van der Waals surface area contributed by atoms with E-state index in [4.69, 9.17) is 4.74 Å². The van der Waals surface area contributed by atoms with E-state index >= 15 is 0 Å². The lowest BCUT2D eigenvalue weighted by atomic mass is 9.93. The van der Waals surface area contributed by atoms with Crippen LogP contribution >= 0.6 is 0 Å². The number of benzene rings is 2. The first-order valence-corrected chi connectivity index (χ1v) is 6.30. The van der Waals surface area contributed by atoms with Crippen LogP contribution in [0, 0.1) is 0 Å². The monoisotopic (exact) mass is 270 g/mol. The van der Waals surface area contributed by atoms with Crippen molar-refractivity contribution in [3.8, 4) is 11.5 Å². The molecule has 0 atom stereocenters. The molecule has 2 N–H and O–H groups in total. The number of carbonyl (C=O) groups is 1. The molecule has 0 aliphatic carbocycles. The number of carboxylic acids is 1. The van der Waals surface area contributed by atoms with Gasteiger partial charge in [0.2, 0.25) is 0 Å². The quantitative estimate of drug-likeness (QED) is 0.833. The second kappa shape index (κ2) is 4.00. The Morgan fingerprint density at radius 1 is 1.20 bits per heavy atom. The van der Waals surface area contributed by atoms with E-state index in [-0.39, 0.29) is 11.3 Å². The Bertz CT molecular complexity index is 757. The van der Waals surface area contributed by atoms with Crippen molar-refractivity contribution in [2.75, 3.05) is 0 Å². The largest absolute Gasteiger partial charge is 0.506 e. The van der Waals surface area contributed by atoms with Gasteiger partial charge in [-0.05, 0) is 19.9 Å². The second-order valence-electron chi connectivity index (χ2n) is 5.36. The van der Waals surface area contributed by atoms with Crippen LogP contribution in [0.3, 0.4) is 0 Å². The fraction of sp³-hybridized carbons (Fsp3) is 0.188. The maximum Gasteiger partial charge on any atom is 0.340 e. The van der Waals surface area contributed by atoms with Gasteiger partial charge < -0.3 is 14.9 Å². The summed E-state index contributed by atoms with van der Waals surface area (Å²) >= 11 is 0. The summed E-state index contributed by atoms with van der Waals surface area (Å²) in [6.45, 7) is 3.79. The molecule has 2 aromatic rings. The predicted octanol–water partition coefficient (Wildman–Crippen LogP) is 3.43. The Hall–Kier alpha value is -2.49. The third-order valence-electron chi connectivity index (χ3n) is 3.41. The summed E-state index contributed by atoms with van der Waals surface area (Å²) in [5.41, 5.74) is -0.221. The lowest BCUT2D eigenvalue weighted by Crippen LogP contribution is -2.28. The molecular weight excluding hydrogens is 256 g/mol. The van der Waals surface area contributed by atoms with Crippen molar-refractivity contribution in [3.05, 3.63) is 41.5 Å². The minimum Gasteiger partial charge on any atom is -0.506 e. The third kappa shape index (κ3) is 1.72. The van der Waals surface area contributed by atoms with E-state index in [2.05, 4.69) is 0 Å². The van der Waals surface area contributed by atoms with Gasteiger partial charge in [-0.3, -0.25) is 0 Å². The van der Waals surface area contributed by atoms with Gasteiger partial charge in [0, 0.05) is 16.3 Å². The molecule has 102 valence electrons. The number of aromatic hydroxyl groups is 1. The Balaban J connectivity index is 2.47. The summed E-state index contributed by atoms with van der Waals surface area (Å²) in [7, 11) is 0. The fourth-order valence-electron chi connectivity index (χ4n) is 2.48. The SMILES string of the molecule is CC1(C)C=Cc2c(C(=O)O)c(O)c3ccccc3c2O1. The number of carboxylic acid groups (broad SMARTS) is 1. The van der Waals surface area contributed by atoms with Gasteiger partial charge >= 0.3 is 5.97 Å². The van der Waals surface area contributed by atoms with Crippen molar-refractivity contribution in [1.82, 2.24) is 0 Å². The highest BCUT2D eigenvalue weighted by atomic mass is 16.5. The molecule has 20 heavy (non-hydrogen) atoms. The molecule has 0 radical (unpaired) electrons. The molecule has 3 rings (SSSR count). The molecule has 4 heteroatoms. The van der Waals surface area contributed by atoms with Gasteiger partial charge in [-0.1, -0.05) is 30.3 Å². The van der Waals surface area contributed by atoms with Gasteiger partial charge in [-0.2, -0.15) is 0 Å². The summed E-state index contributed by atoms with van der Waals surface area (Å²) in [6, 6.07) is 7.09. The van der Waals surface area contributed by atoms with Crippen LogP contribution in [0.25, 0.3) is 16.8 Å². The first-order chi connectivity index (χ1) is 9.41. The molecule has 0 amide bonds. The molecule has 0 unspecified atom stereocenters. The third-order valence-corrected chi connectivity index (χ3v) is 3.41. The first-order valence-electron chi connectivity index (χ1n) is 6.30. The van der Waals surface area contributed by atoms with E-state index < -0.39 is 11.6 Å². The molecule has 1 aliphatic heterocycles. The molecule has 0 bridgehead atoms. The molecule has 0 fully saturated rings. The Labute approximate surface area is 115 Å². The van der Waals surface area contributed by atoms with Gasteiger partial charge in [0.15, 0.2) is 0 Å². The summed E-state index contributed by atoms with van der Waals surface area (Å²) in [5, 5.41) is 20.8. The average molecular weight is 270 g/mol. The van der Waals surface area contributed by atoms with Gasteiger partial charge in [0.25, 0.3) is 0 Å². The molecule has 4 nitrogen and oxygen atoms in total. The molecular formula is C16H14O4. The molecule has 2 aromatic carbocycles. The van der Waals surface area contributed by atoms with Crippen LogP contribution < -0.4 is 4.74 Å². The Morgan fingerprint density at radius 3 is 2.50 bits per heavy atom. The summed E-state index contributed by atoms with van der Waals surface area (Å²) < 4.78 is 5.92. The Kier molecular flexibility index (Phi) is 2.51. The first kappa shape index (κ1) is 12.5. The van der Waals surface area contributed by atoms with Crippen LogP contribution in [-0.4, -0.2) is 21.8 Å². The average Bonchev–Trinajstić information content (AvgIpc) is 2.39. The number of rotatable bonds is 1. The van der Waals surface area contributed by atoms with Gasteiger partial charge in [0.05, 0.1) is 0 Å². The number of aromatic carboxylic acids is 1. The van der Waals surface area contributed by atoms with E-state index in [1.165, 1.54) is 0 Å². The summed E-state index contributed by atoms with van der Waals surface area (Å²) in [4.78, 5) is 11.4. The Morgan fingerprint density at radius 2 is 1.85 bits per heavy atom. The van der Waals surface area contributed by atoms with Crippen LogP contribution in [0.15, 0.2) is 30.3 Å². The number of phenols is 1. The minimum atomic E-state index is -1.17. The zero-order valence-electron chi connectivity index (χ0n) is 11.2. The number of hydrogen-bond donors (Lipinski definition) is 2. The van der Waals surface area contributed by atoms with Crippen LogP contribution in [0.2, 0.25) is 0 Å². The van der Waals surface area contributed by atoms with Crippen molar-refractivity contribution in [2.45, 2.75) is 19.4 Å². The van der Waals surface area contributed by atoms with E-state index in [1.807, 2.05) is 26.0 Å². The molecule has 0 spiro atoms. The smallest absolute Gasteiger partial charge is 0.340 e. The molecule has 0 aromatic heterocycles. The zero-order valence-corrected chi connectivity index (χ0v) is 11.2. The van der Waals surface area contributed by atoms with Gasteiger partial charge in [0.1, 0.15) is 22.7 Å². The number of ether oxygens (including phenoxy) is 1. The second-order valence-corrected chi connectivity index (χ2v) is 5.36. The van der Waals surface area contributed by atoms with Crippen molar-refractivity contribution in [1.29, 1.82) is 0 Å². The molecule has 0 saturated heterocycles. The van der Waals surface area contributed by atoms with Gasteiger partial charge in [-0.15, -0.1) is 0 Å². The fourth-order valence-corrected chi connectivity index (χ4v) is 2.48. The van der Waals surface area contributed by atoms with Crippen LogP contribution in [0.4, 0.5) is 0 Å². The molecule has 1 aliphatic rings. The van der Waals surface area contributed by atoms with E-state index in [9.17, 15) is 15.0 Å².